The first-order chi connectivity index (χ1) is 8.65. The van der Waals surface area contributed by atoms with Crippen molar-refractivity contribution < 1.29 is 4.79 Å². The van der Waals surface area contributed by atoms with Gasteiger partial charge in [-0.3, -0.25) is 4.79 Å². The van der Waals surface area contributed by atoms with Gasteiger partial charge in [0.2, 0.25) is 5.91 Å². The quantitative estimate of drug-likeness (QED) is 0.835. The molecule has 1 aliphatic rings. The fraction of sp³-hybridized carbons (Fsp3) is 0.500. The van der Waals surface area contributed by atoms with E-state index in [0.29, 0.717) is 6.42 Å². The normalized spacial score (nSPS) is 16.6. The van der Waals surface area contributed by atoms with Gasteiger partial charge in [0, 0.05) is 25.3 Å². The molecule has 1 aliphatic heterocycles. The van der Waals surface area contributed by atoms with Crippen LogP contribution >= 0.6 is 12.4 Å². The number of hydrogen-bond acceptors (Lipinski definition) is 3. The van der Waals surface area contributed by atoms with E-state index in [-0.39, 0.29) is 18.3 Å². The molecule has 106 valence electrons. The lowest BCUT2D eigenvalue weighted by Gasteiger charge is -2.20. The van der Waals surface area contributed by atoms with Gasteiger partial charge in [0.25, 0.3) is 0 Å². The molecule has 1 saturated heterocycles. The zero-order valence-electron chi connectivity index (χ0n) is 11.3. The minimum atomic E-state index is 0. The summed E-state index contributed by atoms with van der Waals surface area (Å²) in [5.74, 6) is 0.218. The summed E-state index contributed by atoms with van der Waals surface area (Å²) in [7, 11) is 2.11. The van der Waals surface area contributed by atoms with Crippen LogP contribution in [-0.2, 0) is 11.2 Å². The molecule has 0 bridgehead atoms. The topological polar surface area (TPSA) is 49.6 Å². The van der Waals surface area contributed by atoms with Crippen molar-refractivity contribution in [3.05, 3.63) is 29.8 Å². The standard InChI is InChI=1S/C14H21N3O.ClH/c1-16-7-2-8-17(10-9-16)14(18)11-12-3-5-13(15)6-4-12;/h3-6H,2,7-11,15H2,1H3;1H. The number of nitrogens with two attached hydrogens (primary N) is 1. The number of carbonyl (C=O) groups is 1. The Morgan fingerprint density at radius 2 is 1.84 bits per heavy atom. The highest BCUT2D eigenvalue weighted by atomic mass is 35.5. The molecule has 4 nitrogen and oxygen atoms in total. The zero-order chi connectivity index (χ0) is 13.0. The molecule has 1 fully saturated rings. The van der Waals surface area contributed by atoms with E-state index in [9.17, 15) is 4.79 Å². The molecule has 19 heavy (non-hydrogen) atoms. The fourth-order valence-corrected chi connectivity index (χ4v) is 2.22. The molecule has 0 spiro atoms. The number of nitrogen functional groups attached to an aromatic ring is 1. The highest BCUT2D eigenvalue weighted by Crippen LogP contribution is 2.09. The van der Waals surface area contributed by atoms with Gasteiger partial charge in [-0.1, -0.05) is 12.1 Å². The van der Waals surface area contributed by atoms with Crippen LogP contribution in [0.1, 0.15) is 12.0 Å². The number of halogens is 1. The molecule has 0 aromatic heterocycles. The summed E-state index contributed by atoms with van der Waals surface area (Å²) in [6.07, 6.45) is 1.54. The molecule has 1 amide bonds. The lowest BCUT2D eigenvalue weighted by molar-refractivity contribution is -0.130. The predicted octanol–water partition coefficient (Wildman–Crippen LogP) is 1.40. The molecule has 1 aromatic rings. The van der Waals surface area contributed by atoms with E-state index < -0.39 is 0 Å². The Kier molecular flexibility index (Phi) is 6.12. The summed E-state index contributed by atoms with van der Waals surface area (Å²) in [5, 5.41) is 0. The van der Waals surface area contributed by atoms with Crippen LogP contribution in [0.4, 0.5) is 5.69 Å². The number of rotatable bonds is 2. The van der Waals surface area contributed by atoms with E-state index in [1.54, 1.807) is 0 Å². The Morgan fingerprint density at radius 1 is 1.16 bits per heavy atom. The van der Waals surface area contributed by atoms with Crippen molar-refractivity contribution in [3.63, 3.8) is 0 Å². The minimum Gasteiger partial charge on any atom is -0.399 e. The average molecular weight is 284 g/mol. The Labute approximate surface area is 121 Å². The first-order valence-corrected chi connectivity index (χ1v) is 6.46. The first-order valence-electron chi connectivity index (χ1n) is 6.46. The van der Waals surface area contributed by atoms with Crippen LogP contribution in [0.25, 0.3) is 0 Å². The van der Waals surface area contributed by atoms with E-state index in [4.69, 9.17) is 5.73 Å². The largest absolute Gasteiger partial charge is 0.399 e. The van der Waals surface area contributed by atoms with E-state index in [2.05, 4.69) is 11.9 Å². The SMILES string of the molecule is CN1CCCN(C(=O)Cc2ccc(N)cc2)CC1.Cl. The monoisotopic (exact) mass is 283 g/mol. The zero-order valence-corrected chi connectivity index (χ0v) is 12.2. The molecule has 1 aromatic carbocycles. The smallest absolute Gasteiger partial charge is 0.227 e. The molecular weight excluding hydrogens is 262 g/mol. The number of carbonyl (C=O) groups excluding carboxylic acids is 1. The van der Waals surface area contributed by atoms with Crippen LogP contribution in [-0.4, -0.2) is 48.9 Å². The summed E-state index contributed by atoms with van der Waals surface area (Å²) in [5.41, 5.74) is 7.41. The number of benzene rings is 1. The van der Waals surface area contributed by atoms with Gasteiger partial charge in [0.05, 0.1) is 6.42 Å². The van der Waals surface area contributed by atoms with E-state index in [0.717, 1.165) is 43.9 Å². The van der Waals surface area contributed by atoms with Crippen LogP contribution in [0.15, 0.2) is 24.3 Å². The van der Waals surface area contributed by atoms with Crippen molar-refractivity contribution in [3.8, 4) is 0 Å². The number of amides is 1. The second-order valence-corrected chi connectivity index (χ2v) is 4.96. The third-order valence-electron chi connectivity index (χ3n) is 3.41. The maximum absolute atomic E-state index is 12.2. The van der Waals surface area contributed by atoms with Gasteiger partial charge in [-0.05, 0) is 37.7 Å². The van der Waals surface area contributed by atoms with Crippen molar-refractivity contribution in [2.75, 3.05) is 39.0 Å². The average Bonchev–Trinajstić information content (AvgIpc) is 2.57. The number of hydrogen-bond donors (Lipinski definition) is 1. The molecule has 0 saturated carbocycles. The van der Waals surface area contributed by atoms with E-state index >= 15 is 0 Å². The summed E-state index contributed by atoms with van der Waals surface area (Å²) in [6.45, 7) is 3.75. The lowest BCUT2D eigenvalue weighted by atomic mass is 10.1. The Hall–Kier alpha value is -1.26. The first kappa shape index (κ1) is 15.8. The van der Waals surface area contributed by atoms with Crippen LogP contribution < -0.4 is 5.73 Å². The van der Waals surface area contributed by atoms with Gasteiger partial charge in [-0.15, -0.1) is 12.4 Å². The van der Waals surface area contributed by atoms with Crippen molar-refractivity contribution in [1.29, 1.82) is 0 Å². The van der Waals surface area contributed by atoms with Gasteiger partial charge < -0.3 is 15.5 Å². The van der Waals surface area contributed by atoms with Crippen LogP contribution in [0.3, 0.4) is 0 Å². The number of likely N-dealkylation sites (N-methyl/N-ethyl adjacent to an activating group) is 1. The van der Waals surface area contributed by atoms with Gasteiger partial charge in [0.15, 0.2) is 0 Å². The van der Waals surface area contributed by atoms with E-state index in [1.165, 1.54) is 0 Å². The highest BCUT2D eigenvalue weighted by Gasteiger charge is 2.17. The van der Waals surface area contributed by atoms with Crippen molar-refractivity contribution in [2.45, 2.75) is 12.8 Å². The maximum Gasteiger partial charge on any atom is 0.227 e. The van der Waals surface area contributed by atoms with Gasteiger partial charge >= 0.3 is 0 Å². The van der Waals surface area contributed by atoms with Crippen LogP contribution in [0.2, 0.25) is 0 Å². The van der Waals surface area contributed by atoms with Crippen LogP contribution in [0, 0.1) is 0 Å². The second-order valence-electron chi connectivity index (χ2n) is 4.96. The third kappa shape index (κ3) is 4.73. The Morgan fingerprint density at radius 3 is 2.53 bits per heavy atom. The molecule has 1 heterocycles. The van der Waals surface area contributed by atoms with Crippen molar-refractivity contribution in [2.24, 2.45) is 0 Å². The molecule has 0 aliphatic carbocycles. The van der Waals surface area contributed by atoms with Gasteiger partial charge in [-0.2, -0.15) is 0 Å². The minimum absolute atomic E-state index is 0. The van der Waals surface area contributed by atoms with Gasteiger partial charge in [0.1, 0.15) is 0 Å². The summed E-state index contributed by atoms with van der Waals surface area (Å²) in [4.78, 5) is 16.4. The molecular formula is C14H22ClN3O. The molecule has 2 rings (SSSR count). The Balaban J connectivity index is 0.00000180. The van der Waals surface area contributed by atoms with Crippen LogP contribution in [0.5, 0.6) is 0 Å². The molecule has 0 atom stereocenters. The molecule has 0 radical (unpaired) electrons. The summed E-state index contributed by atoms with van der Waals surface area (Å²) in [6, 6.07) is 7.55. The predicted molar refractivity (Wildman–Crippen MR) is 80.5 cm³/mol. The fourth-order valence-electron chi connectivity index (χ4n) is 2.22. The molecule has 2 N–H and O–H groups in total. The number of anilines is 1. The highest BCUT2D eigenvalue weighted by molar-refractivity contribution is 5.85. The molecule has 0 unspecified atom stereocenters. The maximum atomic E-state index is 12.2. The molecule has 5 heteroatoms. The lowest BCUT2D eigenvalue weighted by Crippen LogP contribution is -2.35. The summed E-state index contributed by atoms with van der Waals surface area (Å²) < 4.78 is 0. The van der Waals surface area contributed by atoms with Crippen molar-refractivity contribution >= 4 is 24.0 Å². The van der Waals surface area contributed by atoms with Gasteiger partial charge in [-0.25, -0.2) is 0 Å². The summed E-state index contributed by atoms with van der Waals surface area (Å²) >= 11 is 0. The van der Waals surface area contributed by atoms with E-state index in [1.807, 2.05) is 29.2 Å². The Bertz CT molecular complexity index is 408. The van der Waals surface area contributed by atoms with Crippen molar-refractivity contribution in [1.82, 2.24) is 9.80 Å². The third-order valence-corrected chi connectivity index (χ3v) is 3.41. The second kappa shape index (κ2) is 7.36. The number of nitrogens with zero attached hydrogens (tertiary/aromatic N) is 2.